The molecule has 2 rings (SSSR count). The van der Waals surface area contributed by atoms with E-state index in [1.54, 1.807) is 0 Å². The summed E-state index contributed by atoms with van der Waals surface area (Å²) in [5, 5.41) is 16.6. The Labute approximate surface area is 78.2 Å². The van der Waals surface area contributed by atoms with Gasteiger partial charge in [-0.1, -0.05) is 13.8 Å². The van der Waals surface area contributed by atoms with Crippen LogP contribution in [0.2, 0.25) is 0 Å². The molecular formula is C10H16N2O. The van der Waals surface area contributed by atoms with Crippen molar-refractivity contribution in [3.8, 4) is 0 Å². The number of aryl methyl sites for hydroxylation is 1. The first-order valence-electron chi connectivity index (χ1n) is 4.65. The van der Waals surface area contributed by atoms with Crippen molar-refractivity contribution >= 4 is 0 Å². The maximum Gasteiger partial charge on any atom is 0.0715 e. The molecule has 1 aromatic heterocycles. The molecule has 1 aromatic rings. The molecule has 1 aliphatic rings. The summed E-state index contributed by atoms with van der Waals surface area (Å²) in [5.74, 6) is 0. The monoisotopic (exact) mass is 180 g/mol. The van der Waals surface area contributed by atoms with Gasteiger partial charge in [0.15, 0.2) is 0 Å². The second kappa shape index (κ2) is 2.35. The average Bonchev–Trinajstić information content (AvgIpc) is 2.43. The Bertz CT molecular complexity index is 329. The van der Waals surface area contributed by atoms with E-state index in [1.807, 2.05) is 13.0 Å². The van der Waals surface area contributed by atoms with Crippen LogP contribution in [-0.4, -0.2) is 21.9 Å². The van der Waals surface area contributed by atoms with E-state index in [4.69, 9.17) is 0 Å². The predicted molar refractivity (Wildman–Crippen MR) is 50.5 cm³/mol. The minimum Gasteiger partial charge on any atom is -0.395 e. The Balaban J connectivity index is 2.35. The highest BCUT2D eigenvalue weighted by Crippen LogP contribution is 2.63. The molecule has 1 fully saturated rings. The van der Waals surface area contributed by atoms with Gasteiger partial charge in [-0.05, 0) is 24.8 Å². The number of hydrogen-bond donors (Lipinski definition) is 2. The van der Waals surface area contributed by atoms with Gasteiger partial charge in [0.2, 0.25) is 0 Å². The minimum atomic E-state index is -0.0856. The average molecular weight is 180 g/mol. The molecule has 72 valence electrons. The third-order valence-corrected chi connectivity index (χ3v) is 3.38. The first-order chi connectivity index (χ1) is 6.02. The maximum atomic E-state index is 9.40. The van der Waals surface area contributed by atoms with Gasteiger partial charge in [0, 0.05) is 11.1 Å². The minimum absolute atomic E-state index is 0.0856. The lowest BCUT2D eigenvalue weighted by Gasteiger charge is -2.14. The third kappa shape index (κ3) is 1.03. The fourth-order valence-corrected chi connectivity index (χ4v) is 2.16. The van der Waals surface area contributed by atoms with Gasteiger partial charge in [0.25, 0.3) is 0 Å². The Hall–Kier alpha value is -0.830. The summed E-state index contributed by atoms with van der Waals surface area (Å²) < 4.78 is 0. The van der Waals surface area contributed by atoms with E-state index < -0.39 is 0 Å². The van der Waals surface area contributed by atoms with Gasteiger partial charge in [0.05, 0.1) is 12.3 Å². The van der Waals surface area contributed by atoms with Gasteiger partial charge >= 0.3 is 0 Å². The SMILES string of the molecule is Cc1cc(C2(CO)CC2(C)C)n[nH]1. The zero-order valence-corrected chi connectivity index (χ0v) is 8.39. The summed E-state index contributed by atoms with van der Waals surface area (Å²) in [7, 11) is 0. The molecule has 1 saturated carbocycles. The molecule has 1 heterocycles. The molecule has 0 amide bonds. The molecule has 1 atom stereocenters. The van der Waals surface area contributed by atoms with Crippen molar-refractivity contribution in [2.75, 3.05) is 6.61 Å². The summed E-state index contributed by atoms with van der Waals surface area (Å²) in [6, 6.07) is 2.03. The zero-order valence-electron chi connectivity index (χ0n) is 8.39. The normalized spacial score (nSPS) is 30.5. The van der Waals surface area contributed by atoms with Crippen LogP contribution in [0.3, 0.4) is 0 Å². The van der Waals surface area contributed by atoms with Crippen LogP contribution in [-0.2, 0) is 5.41 Å². The van der Waals surface area contributed by atoms with Crippen LogP contribution in [0.15, 0.2) is 6.07 Å². The molecule has 1 aliphatic carbocycles. The van der Waals surface area contributed by atoms with Crippen molar-refractivity contribution in [1.82, 2.24) is 10.2 Å². The van der Waals surface area contributed by atoms with E-state index in [0.29, 0.717) is 0 Å². The number of rotatable bonds is 2. The predicted octanol–water partition coefficient (Wildman–Crippen LogP) is 1.38. The quantitative estimate of drug-likeness (QED) is 0.722. The topological polar surface area (TPSA) is 48.9 Å². The molecule has 0 saturated heterocycles. The zero-order chi connectivity index (χ0) is 9.69. The molecular weight excluding hydrogens is 164 g/mol. The molecule has 1 unspecified atom stereocenters. The summed E-state index contributed by atoms with van der Waals surface area (Å²) in [5.41, 5.74) is 2.18. The van der Waals surface area contributed by atoms with E-state index in [1.165, 1.54) is 0 Å². The summed E-state index contributed by atoms with van der Waals surface area (Å²) in [4.78, 5) is 0. The lowest BCUT2D eigenvalue weighted by atomic mass is 9.93. The largest absolute Gasteiger partial charge is 0.395 e. The highest BCUT2D eigenvalue weighted by atomic mass is 16.3. The highest BCUT2D eigenvalue weighted by molar-refractivity contribution is 5.32. The van der Waals surface area contributed by atoms with Gasteiger partial charge in [-0.2, -0.15) is 5.10 Å². The molecule has 0 aliphatic heterocycles. The molecule has 3 nitrogen and oxygen atoms in total. The van der Waals surface area contributed by atoms with E-state index in [2.05, 4.69) is 24.0 Å². The first kappa shape index (κ1) is 8.75. The van der Waals surface area contributed by atoms with Crippen molar-refractivity contribution in [3.05, 3.63) is 17.5 Å². The highest BCUT2D eigenvalue weighted by Gasteiger charge is 2.63. The van der Waals surface area contributed by atoms with Gasteiger partial charge in [-0.25, -0.2) is 0 Å². The lowest BCUT2D eigenvalue weighted by molar-refractivity contribution is 0.228. The molecule has 0 bridgehead atoms. The molecule has 0 aromatic carbocycles. The Kier molecular flexibility index (Phi) is 1.58. The van der Waals surface area contributed by atoms with Crippen molar-refractivity contribution < 1.29 is 5.11 Å². The van der Waals surface area contributed by atoms with Crippen LogP contribution in [0.4, 0.5) is 0 Å². The fourth-order valence-electron chi connectivity index (χ4n) is 2.16. The Morgan fingerprint density at radius 3 is 2.54 bits per heavy atom. The number of aromatic amines is 1. The lowest BCUT2D eigenvalue weighted by Crippen LogP contribution is -2.19. The molecule has 3 heteroatoms. The van der Waals surface area contributed by atoms with Crippen molar-refractivity contribution in [1.29, 1.82) is 0 Å². The van der Waals surface area contributed by atoms with Crippen molar-refractivity contribution in [2.45, 2.75) is 32.6 Å². The van der Waals surface area contributed by atoms with E-state index >= 15 is 0 Å². The van der Waals surface area contributed by atoms with Crippen LogP contribution in [0.1, 0.15) is 31.7 Å². The summed E-state index contributed by atoms with van der Waals surface area (Å²) >= 11 is 0. The van der Waals surface area contributed by atoms with Gasteiger partial charge in [-0.15, -0.1) is 0 Å². The van der Waals surface area contributed by atoms with Gasteiger partial charge in [0.1, 0.15) is 0 Å². The number of H-pyrrole nitrogens is 1. The smallest absolute Gasteiger partial charge is 0.0715 e. The Morgan fingerprint density at radius 1 is 1.62 bits per heavy atom. The molecule has 0 radical (unpaired) electrons. The number of hydrogen-bond acceptors (Lipinski definition) is 2. The van der Waals surface area contributed by atoms with Crippen LogP contribution in [0.5, 0.6) is 0 Å². The van der Waals surface area contributed by atoms with Crippen molar-refractivity contribution in [2.24, 2.45) is 5.41 Å². The molecule has 2 N–H and O–H groups in total. The number of aliphatic hydroxyl groups excluding tert-OH is 1. The van der Waals surface area contributed by atoms with E-state index in [-0.39, 0.29) is 17.4 Å². The number of nitrogens with zero attached hydrogens (tertiary/aromatic N) is 1. The van der Waals surface area contributed by atoms with Gasteiger partial charge in [-0.3, -0.25) is 5.10 Å². The van der Waals surface area contributed by atoms with Crippen LogP contribution in [0, 0.1) is 12.3 Å². The van der Waals surface area contributed by atoms with Crippen molar-refractivity contribution in [3.63, 3.8) is 0 Å². The first-order valence-corrected chi connectivity index (χ1v) is 4.65. The molecule has 13 heavy (non-hydrogen) atoms. The second-order valence-electron chi connectivity index (χ2n) is 4.74. The van der Waals surface area contributed by atoms with E-state index in [0.717, 1.165) is 17.8 Å². The number of nitrogens with one attached hydrogen (secondary N) is 1. The second-order valence-corrected chi connectivity index (χ2v) is 4.74. The Morgan fingerprint density at radius 2 is 2.23 bits per heavy atom. The van der Waals surface area contributed by atoms with E-state index in [9.17, 15) is 5.11 Å². The summed E-state index contributed by atoms with van der Waals surface area (Å²) in [6.45, 7) is 6.53. The number of aromatic nitrogens is 2. The number of aliphatic hydroxyl groups is 1. The van der Waals surface area contributed by atoms with Crippen LogP contribution >= 0.6 is 0 Å². The molecule has 0 spiro atoms. The van der Waals surface area contributed by atoms with Gasteiger partial charge < -0.3 is 5.11 Å². The standard InChI is InChI=1S/C10H16N2O/c1-7-4-8(12-11-7)10(6-13)5-9(10,2)3/h4,13H,5-6H2,1-3H3,(H,11,12). The summed E-state index contributed by atoms with van der Waals surface area (Å²) in [6.07, 6.45) is 1.03. The fraction of sp³-hybridized carbons (Fsp3) is 0.700. The third-order valence-electron chi connectivity index (χ3n) is 3.38. The maximum absolute atomic E-state index is 9.40. The van der Waals surface area contributed by atoms with Crippen LogP contribution < -0.4 is 0 Å². The van der Waals surface area contributed by atoms with Crippen LogP contribution in [0.25, 0.3) is 0 Å².